The van der Waals surface area contributed by atoms with E-state index in [0.29, 0.717) is 17.5 Å². The van der Waals surface area contributed by atoms with Crippen LogP contribution in [0, 0.1) is 0 Å². The zero-order valence-corrected chi connectivity index (χ0v) is 16.8. The fourth-order valence-corrected chi connectivity index (χ4v) is 4.29. The molecule has 2 aromatic rings. The van der Waals surface area contributed by atoms with Gasteiger partial charge < -0.3 is 10.0 Å². The van der Waals surface area contributed by atoms with Gasteiger partial charge in [-0.25, -0.2) is 13.2 Å². The molecule has 2 atom stereocenters. The zero-order valence-electron chi connectivity index (χ0n) is 15.9. The Morgan fingerprint density at radius 1 is 1.28 bits per heavy atom. The largest absolute Gasteiger partial charge is 0.507 e. The van der Waals surface area contributed by atoms with Crippen molar-refractivity contribution in [2.75, 3.05) is 12.6 Å². The lowest BCUT2D eigenvalue weighted by molar-refractivity contribution is -0.132. The summed E-state index contributed by atoms with van der Waals surface area (Å²) in [5.74, 6) is -3.40. The summed E-state index contributed by atoms with van der Waals surface area (Å²) in [4.78, 5) is 13.5. The van der Waals surface area contributed by atoms with Crippen LogP contribution >= 0.6 is 11.9 Å². The summed E-state index contributed by atoms with van der Waals surface area (Å²) in [5.41, 5.74) is 2.14. The van der Waals surface area contributed by atoms with E-state index in [2.05, 4.69) is 4.72 Å². The molecule has 1 aliphatic rings. The molecule has 2 aromatic carbocycles. The summed E-state index contributed by atoms with van der Waals surface area (Å²) in [6.45, 7) is 0.946. The van der Waals surface area contributed by atoms with Gasteiger partial charge in [-0.2, -0.15) is 0 Å². The van der Waals surface area contributed by atoms with E-state index < -0.39 is 30.6 Å². The van der Waals surface area contributed by atoms with Crippen LogP contribution < -0.4 is 4.72 Å². The molecule has 0 aromatic heterocycles. The molecule has 1 saturated heterocycles. The molecule has 8 heteroatoms. The molecule has 1 heterocycles. The first-order chi connectivity index (χ1) is 13.9. The van der Waals surface area contributed by atoms with Crippen LogP contribution in [0.2, 0.25) is 0 Å². The van der Waals surface area contributed by atoms with Crippen molar-refractivity contribution in [3.05, 3.63) is 54.1 Å². The average Bonchev–Trinajstić information content (AvgIpc) is 2.96. The quantitative estimate of drug-likeness (QED) is 0.648. The van der Waals surface area contributed by atoms with Gasteiger partial charge in [-0.15, -0.1) is 0 Å². The third-order valence-electron chi connectivity index (χ3n) is 5.10. The fourth-order valence-electron chi connectivity index (χ4n) is 3.72. The number of para-hydroxylation sites is 1. The molecule has 2 unspecified atom stereocenters. The minimum atomic E-state index is -3.16. The molecule has 0 bridgehead atoms. The SMILES string of the molecule is CCC(=O)N1CC(F)(F)C(NSCF)C1Cc1cccc(-c2ccccc2O)c1. The van der Waals surface area contributed by atoms with Crippen molar-refractivity contribution in [3.8, 4) is 16.9 Å². The van der Waals surface area contributed by atoms with Gasteiger partial charge in [0.05, 0.1) is 12.6 Å². The fraction of sp³-hybridized carbons (Fsp3) is 0.381. The molecule has 1 aliphatic heterocycles. The minimum Gasteiger partial charge on any atom is -0.507 e. The second kappa shape index (κ2) is 9.09. The summed E-state index contributed by atoms with van der Waals surface area (Å²) < 4.78 is 44.3. The summed E-state index contributed by atoms with van der Waals surface area (Å²) in [6, 6.07) is 11.1. The van der Waals surface area contributed by atoms with Crippen molar-refractivity contribution in [2.24, 2.45) is 0 Å². The average molecular weight is 424 g/mol. The van der Waals surface area contributed by atoms with Crippen molar-refractivity contribution in [1.82, 2.24) is 9.62 Å². The Kier molecular flexibility index (Phi) is 6.74. The van der Waals surface area contributed by atoms with Gasteiger partial charge in [0.15, 0.2) is 0 Å². The molecule has 1 fully saturated rings. The van der Waals surface area contributed by atoms with Crippen molar-refractivity contribution in [3.63, 3.8) is 0 Å². The number of carbonyl (C=O) groups excluding carboxylic acids is 1. The molecular formula is C21H23F3N2O2S. The number of aromatic hydroxyl groups is 1. The predicted octanol–water partition coefficient (Wildman–Crippen LogP) is 4.39. The van der Waals surface area contributed by atoms with E-state index in [1.807, 2.05) is 12.1 Å². The standard InChI is InChI=1S/C21H23F3N2O2S/c1-2-19(28)26-12-21(23,24)20(25-29-13-22)17(26)11-14-6-5-7-15(10-14)16-8-3-4-9-18(16)27/h3-10,17,20,25,27H,2,11-13H2,1H3. The second-order valence-electron chi connectivity index (χ2n) is 6.97. The molecule has 29 heavy (non-hydrogen) atoms. The lowest BCUT2D eigenvalue weighted by Gasteiger charge is -2.28. The summed E-state index contributed by atoms with van der Waals surface area (Å²) in [5, 5.41) is 10.1. The number of amides is 1. The van der Waals surface area contributed by atoms with E-state index in [-0.39, 0.29) is 24.5 Å². The van der Waals surface area contributed by atoms with E-state index in [9.17, 15) is 23.1 Å². The Balaban J connectivity index is 1.91. The number of phenolic OH excluding ortho intramolecular Hbond substituents is 1. The van der Waals surface area contributed by atoms with Gasteiger partial charge >= 0.3 is 0 Å². The van der Waals surface area contributed by atoms with Crippen molar-refractivity contribution < 1.29 is 23.1 Å². The van der Waals surface area contributed by atoms with Gasteiger partial charge in [-0.05, 0) is 35.6 Å². The van der Waals surface area contributed by atoms with Crippen molar-refractivity contribution >= 4 is 17.9 Å². The van der Waals surface area contributed by atoms with E-state index in [1.54, 1.807) is 43.3 Å². The normalized spacial score (nSPS) is 20.8. The van der Waals surface area contributed by atoms with Crippen LogP contribution in [0.3, 0.4) is 0 Å². The number of alkyl halides is 3. The lowest BCUT2D eigenvalue weighted by atomic mass is 9.96. The second-order valence-corrected chi connectivity index (χ2v) is 7.72. The predicted molar refractivity (Wildman–Crippen MR) is 108 cm³/mol. The van der Waals surface area contributed by atoms with Gasteiger partial charge in [0.1, 0.15) is 17.8 Å². The number of carbonyl (C=O) groups is 1. The number of benzene rings is 2. The molecule has 0 radical (unpaired) electrons. The first-order valence-electron chi connectivity index (χ1n) is 9.35. The minimum absolute atomic E-state index is 0.119. The molecule has 156 valence electrons. The Bertz CT molecular complexity index is 865. The highest BCUT2D eigenvalue weighted by molar-refractivity contribution is 7.97. The van der Waals surface area contributed by atoms with E-state index in [1.165, 1.54) is 4.90 Å². The summed E-state index contributed by atoms with van der Waals surface area (Å²) in [6.07, 6.45) is 0.306. The van der Waals surface area contributed by atoms with Crippen molar-refractivity contribution in [2.45, 2.75) is 37.8 Å². The number of phenols is 1. The number of halogens is 3. The van der Waals surface area contributed by atoms with Gasteiger partial charge in [-0.3, -0.25) is 9.52 Å². The van der Waals surface area contributed by atoms with Crippen LogP contribution in [0.5, 0.6) is 5.75 Å². The maximum absolute atomic E-state index is 14.6. The molecule has 2 N–H and O–H groups in total. The number of rotatable bonds is 7. The van der Waals surface area contributed by atoms with Gasteiger partial charge in [-0.1, -0.05) is 49.4 Å². The molecule has 0 spiro atoms. The summed E-state index contributed by atoms with van der Waals surface area (Å²) in [7, 11) is 0. The third kappa shape index (κ3) is 4.70. The molecule has 0 saturated carbocycles. The molecule has 1 amide bonds. The first-order valence-corrected chi connectivity index (χ1v) is 10.3. The van der Waals surface area contributed by atoms with Crippen LogP contribution in [-0.2, 0) is 11.2 Å². The number of nitrogens with zero attached hydrogens (tertiary/aromatic N) is 1. The summed E-state index contributed by atoms with van der Waals surface area (Å²) >= 11 is 0.578. The molecular weight excluding hydrogens is 401 g/mol. The van der Waals surface area contributed by atoms with E-state index >= 15 is 0 Å². The van der Waals surface area contributed by atoms with Gasteiger partial charge in [0.25, 0.3) is 5.92 Å². The molecule has 4 nitrogen and oxygen atoms in total. The Morgan fingerprint density at radius 2 is 2.03 bits per heavy atom. The number of hydrogen-bond donors (Lipinski definition) is 2. The van der Waals surface area contributed by atoms with Crippen molar-refractivity contribution in [1.29, 1.82) is 0 Å². The van der Waals surface area contributed by atoms with E-state index in [4.69, 9.17) is 0 Å². The Morgan fingerprint density at radius 3 is 2.72 bits per heavy atom. The zero-order chi connectivity index (χ0) is 21.0. The Labute approximate surface area is 172 Å². The molecule has 3 rings (SSSR count). The van der Waals surface area contributed by atoms with Crippen LogP contribution in [0.1, 0.15) is 18.9 Å². The highest BCUT2D eigenvalue weighted by Gasteiger charge is 2.55. The number of likely N-dealkylation sites (tertiary alicyclic amines) is 1. The lowest BCUT2D eigenvalue weighted by Crippen LogP contribution is -2.48. The van der Waals surface area contributed by atoms with Crippen LogP contribution in [0.4, 0.5) is 13.2 Å². The van der Waals surface area contributed by atoms with Gasteiger partial charge in [0.2, 0.25) is 5.91 Å². The smallest absolute Gasteiger partial charge is 0.283 e. The third-order valence-corrected chi connectivity index (χ3v) is 5.63. The topological polar surface area (TPSA) is 52.6 Å². The Hall–Kier alpha value is -2.19. The van der Waals surface area contributed by atoms with Crippen LogP contribution in [-0.4, -0.2) is 46.5 Å². The number of hydrogen-bond acceptors (Lipinski definition) is 4. The monoisotopic (exact) mass is 424 g/mol. The van der Waals surface area contributed by atoms with Crippen LogP contribution in [0.15, 0.2) is 48.5 Å². The first kappa shape index (κ1) is 21.5. The highest BCUT2D eigenvalue weighted by Crippen LogP contribution is 2.36. The number of nitrogens with one attached hydrogen (secondary N) is 1. The van der Waals surface area contributed by atoms with Gasteiger partial charge in [0, 0.05) is 12.0 Å². The van der Waals surface area contributed by atoms with E-state index in [0.717, 1.165) is 11.1 Å². The maximum Gasteiger partial charge on any atom is 0.283 e. The highest BCUT2D eigenvalue weighted by atomic mass is 32.2. The molecule has 0 aliphatic carbocycles. The maximum atomic E-state index is 14.6. The van der Waals surface area contributed by atoms with Crippen LogP contribution in [0.25, 0.3) is 11.1 Å².